The fraction of sp³-hybridized carbons (Fsp3) is 0.308. The van der Waals surface area contributed by atoms with E-state index in [1.807, 2.05) is 18.2 Å². The number of likely N-dealkylation sites (tertiary alicyclic amines) is 1. The zero-order chi connectivity index (χ0) is 24.6. The first-order valence-electron chi connectivity index (χ1n) is 11.7. The fourth-order valence-electron chi connectivity index (χ4n) is 4.79. The van der Waals surface area contributed by atoms with E-state index in [0.717, 1.165) is 50.3 Å². The number of carbonyl (C=O) groups excluding carboxylic acids is 1. The Hall–Kier alpha value is -3.59. The van der Waals surface area contributed by atoms with Gasteiger partial charge in [0.05, 0.1) is 11.1 Å². The van der Waals surface area contributed by atoms with Crippen LogP contribution in [0.3, 0.4) is 0 Å². The summed E-state index contributed by atoms with van der Waals surface area (Å²) in [5, 5.41) is 6.43. The standard InChI is InChI=1S/C26H26F3N5O/c1-2-34-12-8-18(9-13-34)32-19-6-7-21-20(15-19)23(25(35)33-21)22(24-30-10-11-31-24)16-4-3-5-17(14-16)26(27,28)29/h3-7,10-11,14-15,18,32H,2,8-9,12-13H2,1H3,(H,30,31)(H,33,35)/b23-22-. The maximum atomic E-state index is 13.5. The summed E-state index contributed by atoms with van der Waals surface area (Å²) in [6, 6.07) is 10.9. The van der Waals surface area contributed by atoms with Crippen LogP contribution >= 0.6 is 0 Å². The minimum absolute atomic E-state index is 0.262. The number of alkyl halides is 3. The van der Waals surface area contributed by atoms with Crippen LogP contribution in [0.1, 0.15) is 42.3 Å². The lowest BCUT2D eigenvalue weighted by molar-refractivity contribution is -0.137. The van der Waals surface area contributed by atoms with Crippen LogP contribution in [0.2, 0.25) is 0 Å². The van der Waals surface area contributed by atoms with Gasteiger partial charge < -0.3 is 20.5 Å². The smallest absolute Gasteiger partial charge is 0.382 e. The second-order valence-corrected chi connectivity index (χ2v) is 8.83. The van der Waals surface area contributed by atoms with Crippen LogP contribution in [0.4, 0.5) is 24.5 Å². The van der Waals surface area contributed by atoms with Crippen LogP contribution in [-0.4, -0.2) is 46.5 Å². The molecule has 3 aromatic rings. The third-order valence-corrected chi connectivity index (χ3v) is 6.63. The SMILES string of the molecule is CCN1CCC(Nc2ccc3c(c2)/C(=C(\c2cccc(C(F)(F)F)c2)c2ncc[nH]2)C(=O)N3)CC1. The predicted octanol–water partition coefficient (Wildman–Crippen LogP) is 5.24. The molecule has 182 valence electrons. The highest BCUT2D eigenvalue weighted by Gasteiger charge is 2.33. The molecule has 1 saturated heterocycles. The maximum absolute atomic E-state index is 13.5. The molecule has 0 saturated carbocycles. The van der Waals surface area contributed by atoms with Gasteiger partial charge in [0, 0.05) is 54.0 Å². The predicted molar refractivity (Wildman–Crippen MR) is 130 cm³/mol. The third-order valence-electron chi connectivity index (χ3n) is 6.63. The van der Waals surface area contributed by atoms with Gasteiger partial charge in [-0.2, -0.15) is 13.2 Å². The number of anilines is 2. The van der Waals surface area contributed by atoms with Crippen molar-refractivity contribution in [3.05, 3.63) is 77.4 Å². The first kappa shape index (κ1) is 23.2. The number of fused-ring (bicyclic) bond motifs is 1. The Kier molecular flexibility index (Phi) is 6.10. The van der Waals surface area contributed by atoms with Gasteiger partial charge >= 0.3 is 6.18 Å². The maximum Gasteiger partial charge on any atom is 0.416 e. The number of H-pyrrole nitrogens is 1. The summed E-state index contributed by atoms with van der Waals surface area (Å²) in [6.07, 6.45) is 0.629. The molecule has 0 unspecified atom stereocenters. The molecule has 0 bridgehead atoms. The largest absolute Gasteiger partial charge is 0.416 e. The Morgan fingerprint density at radius 1 is 1.17 bits per heavy atom. The molecule has 3 heterocycles. The van der Waals surface area contributed by atoms with E-state index >= 15 is 0 Å². The lowest BCUT2D eigenvalue weighted by Crippen LogP contribution is -2.38. The molecule has 0 atom stereocenters. The van der Waals surface area contributed by atoms with E-state index in [-0.39, 0.29) is 11.5 Å². The fourth-order valence-corrected chi connectivity index (χ4v) is 4.79. The number of nitrogens with zero attached hydrogens (tertiary/aromatic N) is 2. The van der Waals surface area contributed by atoms with Crippen molar-refractivity contribution >= 4 is 28.4 Å². The number of amides is 1. The van der Waals surface area contributed by atoms with Gasteiger partial charge in [-0.1, -0.05) is 19.1 Å². The summed E-state index contributed by atoms with van der Waals surface area (Å²) in [6.45, 7) is 5.26. The Bertz CT molecular complexity index is 1260. The lowest BCUT2D eigenvalue weighted by Gasteiger charge is -2.32. The summed E-state index contributed by atoms with van der Waals surface area (Å²) >= 11 is 0. The lowest BCUT2D eigenvalue weighted by atomic mass is 9.93. The number of hydrogen-bond acceptors (Lipinski definition) is 4. The molecule has 0 aliphatic carbocycles. The summed E-state index contributed by atoms with van der Waals surface area (Å²) in [5.41, 5.74) is 2.22. The van der Waals surface area contributed by atoms with Crippen molar-refractivity contribution in [2.24, 2.45) is 0 Å². The number of imidazole rings is 1. The molecule has 0 radical (unpaired) electrons. The molecule has 3 N–H and O–H groups in total. The van der Waals surface area contributed by atoms with Gasteiger partial charge in [-0.05, 0) is 55.3 Å². The number of nitrogens with one attached hydrogen (secondary N) is 3. The van der Waals surface area contributed by atoms with Crippen molar-refractivity contribution in [2.45, 2.75) is 32.0 Å². The number of aromatic nitrogens is 2. The van der Waals surface area contributed by atoms with Gasteiger partial charge in [-0.3, -0.25) is 4.79 Å². The molecule has 6 nitrogen and oxygen atoms in total. The van der Waals surface area contributed by atoms with Crippen molar-refractivity contribution in [3.63, 3.8) is 0 Å². The molecule has 9 heteroatoms. The molecule has 2 aromatic carbocycles. The van der Waals surface area contributed by atoms with E-state index in [1.54, 1.807) is 12.3 Å². The van der Waals surface area contributed by atoms with Crippen molar-refractivity contribution < 1.29 is 18.0 Å². The molecule has 1 fully saturated rings. The third kappa shape index (κ3) is 4.68. The van der Waals surface area contributed by atoms with Gasteiger partial charge in [0.1, 0.15) is 5.82 Å². The average molecular weight is 482 g/mol. The highest BCUT2D eigenvalue weighted by molar-refractivity contribution is 6.38. The second kappa shape index (κ2) is 9.22. The van der Waals surface area contributed by atoms with Crippen LogP contribution in [0.15, 0.2) is 54.9 Å². The normalized spacial score (nSPS) is 18.3. The van der Waals surface area contributed by atoms with Crippen LogP contribution < -0.4 is 10.6 Å². The van der Waals surface area contributed by atoms with Gasteiger partial charge in [0.25, 0.3) is 5.91 Å². The monoisotopic (exact) mass is 481 g/mol. The molecule has 35 heavy (non-hydrogen) atoms. The van der Waals surface area contributed by atoms with E-state index in [2.05, 4.69) is 32.4 Å². The number of carbonyl (C=O) groups is 1. The number of aromatic amines is 1. The average Bonchev–Trinajstić information content (AvgIpc) is 3.48. The van der Waals surface area contributed by atoms with Crippen LogP contribution in [0.25, 0.3) is 11.1 Å². The first-order valence-corrected chi connectivity index (χ1v) is 11.7. The van der Waals surface area contributed by atoms with E-state index < -0.39 is 11.7 Å². The minimum Gasteiger partial charge on any atom is -0.382 e. The van der Waals surface area contributed by atoms with Crippen molar-refractivity contribution in [2.75, 3.05) is 30.3 Å². The number of piperidine rings is 1. The topological polar surface area (TPSA) is 73.0 Å². The Labute approximate surface area is 201 Å². The molecule has 1 amide bonds. The Morgan fingerprint density at radius 3 is 2.66 bits per heavy atom. The second-order valence-electron chi connectivity index (χ2n) is 8.83. The number of hydrogen-bond donors (Lipinski definition) is 3. The van der Waals surface area contributed by atoms with E-state index in [9.17, 15) is 18.0 Å². The van der Waals surface area contributed by atoms with E-state index in [4.69, 9.17) is 0 Å². The summed E-state index contributed by atoms with van der Waals surface area (Å²) in [5.74, 6) is -0.0511. The molecule has 5 rings (SSSR count). The summed E-state index contributed by atoms with van der Waals surface area (Å²) in [4.78, 5) is 22.8. The van der Waals surface area contributed by atoms with Crippen molar-refractivity contribution in [3.8, 4) is 0 Å². The molecular formula is C26H26F3N5O. The highest BCUT2D eigenvalue weighted by atomic mass is 19.4. The molecular weight excluding hydrogens is 455 g/mol. The van der Waals surface area contributed by atoms with Gasteiger partial charge in [0.2, 0.25) is 0 Å². The van der Waals surface area contributed by atoms with Crippen molar-refractivity contribution in [1.82, 2.24) is 14.9 Å². The molecule has 0 spiro atoms. The highest BCUT2D eigenvalue weighted by Crippen LogP contribution is 2.41. The summed E-state index contributed by atoms with van der Waals surface area (Å²) in [7, 11) is 0. The van der Waals surface area contributed by atoms with Gasteiger partial charge in [-0.15, -0.1) is 0 Å². The number of halogens is 3. The molecule has 2 aliphatic heterocycles. The Balaban J connectivity index is 1.57. The van der Waals surface area contributed by atoms with E-state index in [1.165, 1.54) is 12.3 Å². The Morgan fingerprint density at radius 2 is 1.97 bits per heavy atom. The van der Waals surface area contributed by atoms with E-state index in [0.29, 0.717) is 34.3 Å². The van der Waals surface area contributed by atoms with Crippen LogP contribution in [0.5, 0.6) is 0 Å². The quantitative estimate of drug-likeness (QED) is 0.436. The summed E-state index contributed by atoms with van der Waals surface area (Å²) < 4.78 is 40.4. The zero-order valence-corrected chi connectivity index (χ0v) is 19.2. The number of rotatable bonds is 5. The van der Waals surface area contributed by atoms with Crippen molar-refractivity contribution in [1.29, 1.82) is 0 Å². The van der Waals surface area contributed by atoms with Crippen LogP contribution in [-0.2, 0) is 11.0 Å². The van der Waals surface area contributed by atoms with Gasteiger partial charge in [-0.25, -0.2) is 4.98 Å². The van der Waals surface area contributed by atoms with Crippen LogP contribution in [0, 0.1) is 0 Å². The molecule has 2 aliphatic rings. The number of benzene rings is 2. The zero-order valence-electron chi connectivity index (χ0n) is 19.2. The minimum atomic E-state index is -4.50. The van der Waals surface area contributed by atoms with Gasteiger partial charge in [0.15, 0.2) is 0 Å². The first-order chi connectivity index (χ1) is 16.8. The molecule has 1 aromatic heterocycles.